The molecule has 4 saturated heterocycles. The highest BCUT2D eigenvalue weighted by Gasteiger charge is 2.52. The fourth-order valence-electron chi connectivity index (χ4n) is 7.85. The Morgan fingerprint density at radius 3 is 2.71 bits per heavy atom. The highest BCUT2D eigenvalue weighted by Crippen LogP contribution is 2.43. The Hall–Kier alpha value is -2.90. The average molecular weight is 568 g/mol. The van der Waals surface area contributed by atoms with Crippen LogP contribution in [-0.4, -0.2) is 90.5 Å². The van der Waals surface area contributed by atoms with Crippen molar-refractivity contribution in [2.24, 2.45) is 11.8 Å². The van der Waals surface area contributed by atoms with Crippen molar-refractivity contribution in [2.75, 3.05) is 37.7 Å². The quantitative estimate of drug-likeness (QED) is 0.562. The van der Waals surface area contributed by atoms with Crippen molar-refractivity contribution in [1.82, 2.24) is 15.1 Å². The van der Waals surface area contributed by atoms with E-state index in [-0.39, 0.29) is 30.1 Å². The van der Waals surface area contributed by atoms with Crippen LogP contribution in [0.2, 0.25) is 0 Å². The van der Waals surface area contributed by atoms with E-state index in [4.69, 9.17) is 9.47 Å². The maximum Gasteiger partial charge on any atom is 0.411 e. The maximum absolute atomic E-state index is 15.4. The number of carbonyl (C=O) groups excluding carboxylic acids is 2. The first-order valence-electron chi connectivity index (χ1n) is 15.2. The molecule has 41 heavy (non-hydrogen) atoms. The molecule has 6 rings (SSSR count). The molecule has 1 aliphatic carbocycles. The third-order valence-electron chi connectivity index (χ3n) is 9.72. The van der Waals surface area contributed by atoms with Crippen LogP contribution < -0.4 is 10.2 Å². The van der Waals surface area contributed by atoms with Crippen LogP contribution in [0.5, 0.6) is 0 Å². The van der Waals surface area contributed by atoms with E-state index in [0.29, 0.717) is 23.6 Å². The van der Waals surface area contributed by atoms with Crippen molar-refractivity contribution in [2.45, 2.75) is 95.1 Å². The number of nitrogens with zero attached hydrogens (tertiary/aromatic N) is 4. The molecule has 0 radical (unpaired) electrons. The number of piperidine rings is 1. The molecule has 1 saturated carbocycles. The summed E-state index contributed by atoms with van der Waals surface area (Å²) < 4.78 is 26.6. The Morgan fingerprint density at radius 1 is 1.17 bits per heavy atom. The van der Waals surface area contributed by atoms with Gasteiger partial charge in [-0.2, -0.15) is 5.26 Å². The number of hydrogen-bond acceptors (Lipinski definition) is 7. The average Bonchev–Trinajstić information content (AvgIpc) is 3.73. The number of likely N-dealkylation sites (tertiary alicyclic amines) is 2. The number of carbonyl (C=O) groups is 2. The van der Waals surface area contributed by atoms with E-state index in [1.807, 2.05) is 6.07 Å². The number of fused-ring (bicyclic) bond motifs is 3. The summed E-state index contributed by atoms with van der Waals surface area (Å²) in [5.74, 6) is -0.111. The number of rotatable bonds is 6. The molecule has 1 N–H and O–H groups in total. The van der Waals surface area contributed by atoms with E-state index in [9.17, 15) is 14.9 Å². The number of hydrogen-bond donors (Lipinski definition) is 1. The van der Waals surface area contributed by atoms with Crippen molar-refractivity contribution >= 4 is 17.7 Å². The molecule has 0 aromatic heterocycles. The Bertz CT molecular complexity index is 1210. The first-order chi connectivity index (χ1) is 19.6. The van der Waals surface area contributed by atoms with Crippen LogP contribution in [0.15, 0.2) is 18.2 Å². The summed E-state index contributed by atoms with van der Waals surface area (Å²) in [7, 11) is 0. The van der Waals surface area contributed by atoms with E-state index in [1.54, 1.807) is 37.8 Å². The zero-order chi connectivity index (χ0) is 28.9. The Kier molecular flexibility index (Phi) is 7.62. The molecule has 6 unspecified atom stereocenters. The summed E-state index contributed by atoms with van der Waals surface area (Å²) in [5.41, 5.74) is 0.578. The molecule has 5 fully saturated rings. The van der Waals surface area contributed by atoms with Crippen molar-refractivity contribution in [3.05, 3.63) is 29.6 Å². The fraction of sp³-hybridized carbons (Fsp3) is 0.710. The van der Waals surface area contributed by atoms with Gasteiger partial charge in [-0.1, -0.05) is 6.07 Å². The second kappa shape index (κ2) is 11.1. The number of benzene rings is 1. The number of halogens is 1. The van der Waals surface area contributed by atoms with Gasteiger partial charge >= 0.3 is 6.09 Å². The van der Waals surface area contributed by atoms with E-state index in [0.717, 1.165) is 70.6 Å². The molecule has 9 nitrogen and oxygen atoms in total. The normalized spacial score (nSPS) is 31.8. The SMILES string of the molecule is CC(C)(C)OC(=O)N1C2CCC(C2)C1C(=O)N[C@H](C#N)Cc1ccc(N2CC3CCN(C4CCOC4)C3C2)cc1F. The predicted octanol–water partition coefficient (Wildman–Crippen LogP) is 3.46. The molecule has 1 aromatic carbocycles. The molecule has 222 valence electrons. The number of ether oxygens (including phenoxy) is 2. The Morgan fingerprint density at radius 2 is 2.00 bits per heavy atom. The second-order valence-electron chi connectivity index (χ2n) is 13.5. The van der Waals surface area contributed by atoms with Crippen molar-refractivity contribution in [3.63, 3.8) is 0 Å². The number of anilines is 1. The molecular weight excluding hydrogens is 525 g/mol. The van der Waals surface area contributed by atoms with Gasteiger partial charge in [-0.15, -0.1) is 0 Å². The lowest BCUT2D eigenvalue weighted by molar-refractivity contribution is -0.128. The van der Waals surface area contributed by atoms with Crippen LogP contribution >= 0.6 is 0 Å². The van der Waals surface area contributed by atoms with Gasteiger partial charge < -0.3 is 19.7 Å². The summed E-state index contributed by atoms with van der Waals surface area (Å²) in [4.78, 5) is 32.8. The minimum absolute atomic E-state index is 0.0279. The van der Waals surface area contributed by atoms with Crippen molar-refractivity contribution in [3.8, 4) is 6.07 Å². The zero-order valence-electron chi connectivity index (χ0n) is 24.4. The van der Waals surface area contributed by atoms with Crippen molar-refractivity contribution < 1.29 is 23.5 Å². The van der Waals surface area contributed by atoms with E-state index < -0.39 is 23.8 Å². The zero-order valence-corrected chi connectivity index (χ0v) is 24.4. The minimum Gasteiger partial charge on any atom is -0.444 e. The largest absolute Gasteiger partial charge is 0.444 e. The third kappa shape index (κ3) is 5.63. The van der Waals surface area contributed by atoms with Gasteiger partial charge in [-0.05, 0) is 89.0 Å². The standard InChI is InChI=1S/C31H42FN5O4/c1-31(2,3)41-30(39)37-24-7-5-20(13-24)28(37)29(38)34-22(15-33)12-19-4-6-23(14-26(19)32)35-16-21-8-10-36(27(21)17-35)25-9-11-40-18-25/h4,6,14,20-22,24-25,27-28H,5,7-13,16-18H2,1-3H3,(H,34,38)/t20?,21?,22-,24?,25?,27?,28?/m0/s1. The molecule has 7 atom stereocenters. The topological polar surface area (TPSA) is 98.1 Å². The number of nitriles is 1. The predicted molar refractivity (Wildman–Crippen MR) is 151 cm³/mol. The van der Waals surface area contributed by atoms with E-state index >= 15 is 4.39 Å². The number of amides is 2. The highest BCUT2D eigenvalue weighted by atomic mass is 19.1. The first-order valence-corrected chi connectivity index (χ1v) is 15.2. The first kappa shape index (κ1) is 28.2. The third-order valence-corrected chi connectivity index (χ3v) is 9.72. The molecule has 10 heteroatoms. The van der Waals surface area contributed by atoms with Crippen molar-refractivity contribution in [1.29, 1.82) is 5.26 Å². The van der Waals surface area contributed by atoms with Gasteiger partial charge in [-0.3, -0.25) is 14.6 Å². The van der Waals surface area contributed by atoms with Crippen LogP contribution in [0.1, 0.15) is 58.4 Å². The molecule has 2 bridgehead atoms. The summed E-state index contributed by atoms with van der Waals surface area (Å²) >= 11 is 0. The highest BCUT2D eigenvalue weighted by molar-refractivity contribution is 5.87. The van der Waals surface area contributed by atoms with Crippen LogP contribution in [0.25, 0.3) is 0 Å². The van der Waals surface area contributed by atoms with Gasteiger partial charge in [0.05, 0.1) is 12.7 Å². The second-order valence-corrected chi connectivity index (χ2v) is 13.5. The minimum atomic E-state index is -0.907. The fourth-order valence-corrected chi connectivity index (χ4v) is 7.85. The molecule has 4 heterocycles. The Labute approximate surface area is 241 Å². The molecule has 2 amide bonds. The molecular formula is C31H42FN5O4. The summed E-state index contributed by atoms with van der Waals surface area (Å²) in [6, 6.07) is 6.73. The molecule has 1 aromatic rings. The van der Waals surface area contributed by atoms with Gasteiger partial charge in [-0.25, -0.2) is 9.18 Å². The molecule has 0 spiro atoms. The number of nitrogens with one attached hydrogen (secondary N) is 1. The lowest BCUT2D eigenvalue weighted by Crippen LogP contribution is -2.55. The molecule has 4 aliphatic heterocycles. The van der Waals surface area contributed by atoms with Crippen LogP contribution in [0, 0.1) is 29.0 Å². The van der Waals surface area contributed by atoms with E-state index in [2.05, 4.69) is 21.2 Å². The summed E-state index contributed by atoms with van der Waals surface area (Å²) in [5, 5.41) is 12.7. The van der Waals surface area contributed by atoms with Gasteiger partial charge in [0.1, 0.15) is 23.5 Å². The summed E-state index contributed by atoms with van der Waals surface area (Å²) in [6.07, 6.45) is 4.28. The smallest absolute Gasteiger partial charge is 0.411 e. The lowest BCUT2D eigenvalue weighted by Gasteiger charge is -2.35. The van der Waals surface area contributed by atoms with Gasteiger partial charge in [0.25, 0.3) is 0 Å². The van der Waals surface area contributed by atoms with Gasteiger partial charge in [0.2, 0.25) is 5.91 Å². The maximum atomic E-state index is 15.4. The van der Waals surface area contributed by atoms with E-state index in [1.165, 1.54) is 0 Å². The Balaban J connectivity index is 1.08. The monoisotopic (exact) mass is 567 g/mol. The van der Waals surface area contributed by atoms with Gasteiger partial charge in [0, 0.05) is 49.9 Å². The van der Waals surface area contributed by atoms with Gasteiger partial charge in [0.15, 0.2) is 0 Å². The van der Waals surface area contributed by atoms with Crippen LogP contribution in [0.4, 0.5) is 14.9 Å². The van der Waals surface area contributed by atoms with Crippen LogP contribution in [-0.2, 0) is 20.7 Å². The van der Waals surface area contributed by atoms with Crippen LogP contribution in [0.3, 0.4) is 0 Å². The molecule has 5 aliphatic rings. The lowest BCUT2D eigenvalue weighted by atomic mass is 9.97. The summed E-state index contributed by atoms with van der Waals surface area (Å²) in [6.45, 7) is 9.97.